The van der Waals surface area contributed by atoms with E-state index < -0.39 is 0 Å². The Morgan fingerprint density at radius 1 is 1.38 bits per heavy atom. The summed E-state index contributed by atoms with van der Waals surface area (Å²) in [5.41, 5.74) is 8.35. The molecule has 1 aliphatic heterocycles. The Hall–Kier alpha value is -0.540. The zero-order valence-electron chi connectivity index (χ0n) is 9.75. The van der Waals surface area contributed by atoms with E-state index in [-0.39, 0.29) is 0 Å². The van der Waals surface area contributed by atoms with Crippen LogP contribution < -0.4 is 10.6 Å². The van der Waals surface area contributed by atoms with Crippen LogP contribution in [0.25, 0.3) is 0 Å². The smallest absolute Gasteiger partial charge is 0.0423 e. The van der Waals surface area contributed by atoms with E-state index in [1.165, 1.54) is 24.1 Å². The molecule has 1 heterocycles. The molecular weight excluding hydrogens is 264 g/mol. The number of piperidine rings is 1. The van der Waals surface area contributed by atoms with Gasteiger partial charge in [0.1, 0.15) is 0 Å². The third-order valence-electron chi connectivity index (χ3n) is 3.39. The highest BCUT2D eigenvalue weighted by Crippen LogP contribution is 2.28. The standard InChI is InChI=1S/C13H19BrN2/c1-10-4-6-16(7-5-10)13-8-12(14)3-2-11(13)9-15/h2-3,8,10H,4-7,9,15H2,1H3. The van der Waals surface area contributed by atoms with Crippen molar-refractivity contribution < 1.29 is 0 Å². The number of anilines is 1. The first-order chi connectivity index (χ1) is 7.70. The van der Waals surface area contributed by atoms with Gasteiger partial charge in [-0.1, -0.05) is 28.9 Å². The van der Waals surface area contributed by atoms with Crippen LogP contribution in [0.1, 0.15) is 25.3 Å². The normalized spacial score (nSPS) is 17.8. The highest BCUT2D eigenvalue weighted by molar-refractivity contribution is 9.10. The summed E-state index contributed by atoms with van der Waals surface area (Å²) in [6.07, 6.45) is 2.58. The van der Waals surface area contributed by atoms with Crippen LogP contribution in [0.4, 0.5) is 5.69 Å². The fourth-order valence-electron chi connectivity index (χ4n) is 2.25. The molecule has 0 amide bonds. The van der Waals surface area contributed by atoms with Gasteiger partial charge in [-0.25, -0.2) is 0 Å². The van der Waals surface area contributed by atoms with Crippen molar-refractivity contribution in [3.05, 3.63) is 28.2 Å². The monoisotopic (exact) mass is 282 g/mol. The average Bonchev–Trinajstić information content (AvgIpc) is 2.30. The number of halogens is 1. The molecule has 1 saturated heterocycles. The first kappa shape index (κ1) is 11.9. The maximum atomic E-state index is 5.79. The summed E-state index contributed by atoms with van der Waals surface area (Å²) in [5, 5.41) is 0. The molecular formula is C13H19BrN2. The van der Waals surface area contributed by atoms with E-state index in [0.29, 0.717) is 6.54 Å². The Morgan fingerprint density at radius 2 is 2.06 bits per heavy atom. The molecule has 0 radical (unpaired) electrons. The van der Waals surface area contributed by atoms with E-state index >= 15 is 0 Å². The van der Waals surface area contributed by atoms with Crippen LogP contribution in [0.3, 0.4) is 0 Å². The Labute approximate surface area is 106 Å². The van der Waals surface area contributed by atoms with Gasteiger partial charge >= 0.3 is 0 Å². The summed E-state index contributed by atoms with van der Waals surface area (Å²) < 4.78 is 1.14. The van der Waals surface area contributed by atoms with Crippen molar-refractivity contribution in [2.45, 2.75) is 26.3 Å². The van der Waals surface area contributed by atoms with E-state index in [2.05, 4.69) is 46.0 Å². The second-order valence-electron chi connectivity index (χ2n) is 4.65. The topological polar surface area (TPSA) is 29.3 Å². The van der Waals surface area contributed by atoms with Crippen molar-refractivity contribution in [1.82, 2.24) is 0 Å². The second-order valence-corrected chi connectivity index (χ2v) is 5.56. The van der Waals surface area contributed by atoms with Gasteiger partial charge in [0.2, 0.25) is 0 Å². The molecule has 16 heavy (non-hydrogen) atoms. The molecule has 1 aromatic rings. The molecule has 2 nitrogen and oxygen atoms in total. The quantitative estimate of drug-likeness (QED) is 0.903. The van der Waals surface area contributed by atoms with Gasteiger partial charge in [-0.05, 0) is 36.5 Å². The largest absolute Gasteiger partial charge is 0.371 e. The van der Waals surface area contributed by atoms with Crippen molar-refractivity contribution in [2.24, 2.45) is 11.7 Å². The van der Waals surface area contributed by atoms with Gasteiger partial charge < -0.3 is 10.6 Å². The highest BCUT2D eigenvalue weighted by Gasteiger charge is 2.17. The predicted molar refractivity (Wildman–Crippen MR) is 72.6 cm³/mol. The molecule has 0 unspecified atom stereocenters. The van der Waals surface area contributed by atoms with E-state index in [9.17, 15) is 0 Å². The third kappa shape index (κ3) is 2.58. The number of hydrogen-bond acceptors (Lipinski definition) is 2. The molecule has 2 N–H and O–H groups in total. The fourth-order valence-corrected chi connectivity index (χ4v) is 2.60. The zero-order chi connectivity index (χ0) is 11.5. The van der Waals surface area contributed by atoms with Gasteiger partial charge in [-0.2, -0.15) is 0 Å². The second kappa shape index (κ2) is 5.19. The van der Waals surface area contributed by atoms with Crippen molar-refractivity contribution >= 4 is 21.6 Å². The van der Waals surface area contributed by atoms with Crippen molar-refractivity contribution in [3.8, 4) is 0 Å². The summed E-state index contributed by atoms with van der Waals surface area (Å²) in [5.74, 6) is 0.865. The molecule has 0 saturated carbocycles. The van der Waals surface area contributed by atoms with Gasteiger partial charge in [-0.3, -0.25) is 0 Å². The maximum Gasteiger partial charge on any atom is 0.0423 e. The Balaban J connectivity index is 2.21. The number of nitrogens with two attached hydrogens (primary N) is 1. The molecule has 88 valence electrons. The number of nitrogens with zero attached hydrogens (tertiary/aromatic N) is 1. The molecule has 0 aromatic heterocycles. The first-order valence-electron chi connectivity index (χ1n) is 5.94. The van der Waals surface area contributed by atoms with Crippen LogP contribution in [0.5, 0.6) is 0 Å². The number of hydrogen-bond donors (Lipinski definition) is 1. The van der Waals surface area contributed by atoms with E-state index in [1.807, 2.05) is 0 Å². The molecule has 0 spiro atoms. The third-order valence-corrected chi connectivity index (χ3v) is 3.88. The van der Waals surface area contributed by atoms with Gasteiger partial charge in [0, 0.05) is 29.8 Å². The van der Waals surface area contributed by atoms with Crippen molar-refractivity contribution in [3.63, 3.8) is 0 Å². The molecule has 1 aliphatic rings. The highest BCUT2D eigenvalue weighted by atomic mass is 79.9. The first-order valence-corrected chi connectivity index (χ1v) is 6.73. The minimum atomic E-state index is 0.620. The summed E-state index contributed by atoms with van der Waals surface area (Å²) in [7, 11) is 0. The van der Waals surface area contributed by atoms with Crippen molar-refractivity contribution in [2.75, 3.05) is 18.0 Å². The molecule has 0 aliphatic carbocycles. The Morgan fingerprint density at radius 3 is 2.69 bits per heavy atom. The maximum absolute atomic E-state index is 5.79. The summed E-state index contributed by atoms with van der Waals surface area (Å²) >= 11 is 3.54. The molecule has 0 atom stereocenters. The van der Waals surface area contributed by atoms with Crippen LogP contribution in [0, 0.1) is 5.92 Å². The van der Waals surface area contributed by atoms with Gasteiger partial charge in [0.15, 0.2) is 0 Å². The molecule has 0 bridgehead atoms. The fraction of sp³-hybridized carbons (Fsp3) is 0.538. The van der Waals surface area contributed by atoms with E-state index in [1.54, 1.807) is 0 Å². The van der Waals surface area contributed by atoms with E-state index in [0.717, 1.165) is 23.5 Å². The van der Waals surface area contributed by atoms with Crippen LogP contribution in [0.15, 0.2) is 22.7 Å². The Bertz CT molecular complexity index is 357. The zero-order valence-corrected chi connectivity index (χ0v) is 11.3. The number of rotatable bonds is 2. The van der Waals surface area contributed by atoms with Crippen LogP contribution in [-0.4, -0.2) is 13.1 Å². The van der Waals surface area contributed by atoms with Crippen LogP contribution in [0.2, 0.25) is 0 Å². The number of benzene rings is 1. The average molecular weight is 283 g/mol. The van der Waals surface area contributed by atoms with Crippen LogP contribution >= 0.6 is 15.9 Å². The van der Waals surface area contributed by atoms with Gasteiger partial charge in [-0.15, -0.1) is 0 Å². The summed E-state index contributed by atoms with van der Waals surface area (Å²) in [6.45, 7) is 5.27. The summed E-state index contributed by atoms with van der Waals surface area (Å²) in [6, 6.07) is 6.38. The van der Waals surface area contributed by atoms with Gasteiger partial charge in [0.25, 0.3) is 0 Å². The lowest BCUT2D eigenvalue weighted by atomic mass is 9.98. The molecule has 1 fully saturated rings. The lowest BCUT2D eigenvalue weighted by Gasteiger charge is -2.33. The SMILES string of the molecule is CC1CCN(c2cc(Br)ccc2CN)CC1. The Kier molecular flexibility index (Phi) is 3.87. The molecule has 2 rings (SSSR count). The van der Waals surface area contributed by atoms with E-state index in [4.69, 9.17) is 5.73 Å². The molecule has 1 aromatic carbocycles. The molecule has 3 heteroatoms. The van der Waals surface area contributed by atoms with Gasteiger partial charge in [0.05, 0.1) is 0 Å². The lowest BCUT2D eigenvalue weighted by molar-refractivity contribution is 0.438. The minimum Gasteiger partial charge on any atom is -0.371 e. The lowest BCUT2D eigenvalue weighted by Crippen LogP contribution is -2.33. The predicted octanol–water partition coefficient (Wildman–Crippen LogP) is 3.14. The van der Waals surface area contributed by atoms with Crippen molar-refractivity contribution in [1.29, 1.82) is 0 Å². The minimum absolute atomic E-state index is 0.620. The van der Waals surface area contributed by atoms with Crippen LogP contribution in [-0.2, 0) is 6.54 Å². The summed E-state index contributed by atoms with van der Waals surface area (Å²) in [4.78, 5) is 2.47.